The van der Waals surface area contributed by atoms with Crippen LogP contribution in [0.4, 0.5) is 0 Å². The molecule has 0 saturated carbocycles. The van der Waals surface area contributed by atoms with Crippen molar-refractivity contribution in [1.82, 2.24) is 0 Å². The van der Waals surface area contributed by atoms with E-state index in [1.54, 1.807) is 18.2 Å². The zero-order chi connectivity index (χ0) is 13.5. The van der Waals surface area contributed by atoms with Gasteiger partial charge in [-0.05, 0) is 24.6 Å². The van der Waals surface area contributed by atoms with Gasteiger partial charge in [0.25, 0.3) is 0 Å². The molecule has 1 rings (SSSR count). The van der Waals surface area contributed by atoms with Crippen molar-refractivity contribution in [3.05, 3.63) is 28.2 Å². The lowest BCUT2D eigenvalue weighted by molar-refractivity contribution is -0.149. The lowest BCUT2D eigenvalue weighted by Gasteiger charge is -2.17. The van der Waals surface area contributed by atoms with Crippen molar-refractivity contribution in [3.63, 3.8) is 0 Å². The van der Waals surface area contributed by atoms with Crippen LogP contribution in [-0.4, -0.2) is 19.2 Å². The molecule has 18 heavy (non-hydrogen) atoms. The number of rotatable bonds is 5. The first kappa shape index (κ1) is 14.5. The van der Waals surface area contributed by atoms with Crippen molar-refractivity contribution in [2.24, 2.45) is 0 Å². The minimum absolute atomic E-state index is 0.384. The number of ether oxygens (including phenoxy) is 2. The molecule has 0 aliphatic heterocycles. The molecule has 0 aliphatic carbocycles. The first-order valence-corrected chi connectivity index (χ1v) is 6.35. The Balaban J connectivity index is 2.93. The second kappa shape index (κ2) is 7.02. The number of carbonyl (C=O) groups is 1. The summed E-state index contributed by atoms with van der Waals surface area (Å²) in [6, 6.07) is 7.10. The van der Waals surface area contributed by atoms with Gasteiger partial charge in [-0.25, -0.2) is 4.79 Å². The lowest BCUT2D eigenvalue weighted by Crippen LogP contribution is -2.28. The molecule has 0 radical (unpaired) electrons. The van der Waals surface area contributed by atoms with Crippen LogP contribution in [0, 0.1) is 11.3 Å². The maximum atomic E-state index is 11.5. The summed E-state index contributed by atoms with van der Waals surface area (Å²) in [5.41, 5.74) is 0.384. The Morgan fingerprint density at radius 3 is 2.83 bits per heavy atom. The number of hydrogen-bond acceptors (Lipinski definition) is 4. The van der Waals surface area contributed by atoms with E-state index >= 15 is 0 Å². The lowest BCUT2D eigenvalue weighted by atomic mass is 10.2. The Hall–Kier alpha value is -1.54. The predicted octanol–water partition coefficient (Wildman–Crippen LogP) is 3.04. The predicted molar refractivity (Wildman–Crippen MR) is 70.2 cm³/mol. The minimum atomic E-state index is -0.673. The summed E-state index contributed by atoms with van der Waals surface area (Å²) < 4.78 is 11.0. The third-order valence-corrected chi connectivity index (χ3v) is 2.84. The fourth-order valence-corrected chi connectivity index (χ4v) is 1.83. The Kier molecular flexibility index (Phi) is 5.66. The summed E-state index contributed by atoms with van der Waals surface area (Å²) in [6.45, 7) is 1.95. The summed E-state index contributed by atoms with van der Waals surface area (Å²) in [4.78, 5) is 11.5. The maximum absolute atomic E-state index is 11.5. The molecule has 0 spiro atoms. The molecule has 0 N–H and O–H groups in total. The highest BCUT2D eigenvalue weighted by molar-refractivity contribution is 9.10. The standard InChI is InChI=1S/C13H14BrNO3/c1-3-4-12(13(16)17-2)18-11-6-5-10(14)7-9(11)8-15/h5-7,12H,3-4H2,1-2H3/t12-/m0/s1. The van der Waals surface area contributed by atoms with Gasteiger partial charge in [0.05, 0.1) is 12.7 Å². The number of nitrogens with zero attached hydrogens (tertiary/aromatic N) is 1. The monoisotopic (exact) mass is 311 g/mol. The quantitative estimate of drug-likeness (QED) is 0.784. The molecule has 1 aromatic rings. The summed E-state index contributed by atoms with van der Waals surface area (Å²) in [6.07, 6.45) is 0.666. The molecule has 0 heterocycles. The Bertz CT molecular complexity index is 468. The van der Waals surface area contributed by atoms with Gasteiger partial charge >= 0.3 is 5.97 Å². The first-order chi connectivity index (χ1) is 8.62. The molecule has 1 aromatic carbocycles. The highest BCUT2D eigenvalue weighted by Gasteiger charge is 2.21. The van der Waals surface area contributed by atoms with Crippen LogP contribution < -0.4 is 4.74 Å². The van der Waals surface area contributed by atoms with Gasteiger partial charge in [-0.1, -0.05) is 29.3 Å². The number of esters is 1. The topological polar surface area (TPSA) is 59.3 Å². The molecular weight excluding hydrogens is 298 g/mol. The van der Waals surface area contributed by atoms with E-state index in [2.05, 4.69) is 20.7 Å². The van der Waals surface area contributed by atoms with Gasteiger partial charge in [-0.15, -0.1) is 0 Å². The zero-order valence-corrected chi connectivity index (χ0v) is 11.9. The molecule has 96 valence electrons. The van der Waals surface area contributed by atoms with Crippen molar-refractivity contribution >= 4 is 21.9 Å². The number of carbonyl (C=O) groups excluding carboxylic acids is 1. The number of halogens is 1. The third kappa shape index (κ3) is 3.74. The number of hydrogen-bond donors (Lipinski definition) is 0. The van der Waals surface area contributed by atoms with Crippen LogP contribution in [0.3, 0.4) is 0 Å². The highest BCUT2D eigenvalue weighted by Crippen LogP contribution is 2.24. The van der Waals surface area contributed by atoms with Crippen LogP contribution in [0.15, 0.2) is 22.7 Å². The van der Waals surface area contributed by atoms with E-state index in [0.29, 0.717) is 17.7 Å². The first-order valence-electron chi connectivity index (χ1n) is 5.56. The van der Waals surface area contributed by atoms with Crippen LogP contribution in [-0.2, 0) is 9.53 Å². The van der Waals surface area contributed by atoms with Crippen molar-refractivity contribution in [2.45, 2.75) is 25.9 Å². The van der Waals surface area contributed by atoms with Gasteiger partial charge < -0.3 is 9.47 Å². The fourth-order valence-electron chi connectivity index (χ4n) is 1.46. The summed E-state index contributed by atoms with van der Waals surface area (Å²) >= 11 is 3.28. The summed E-state index contributed by atoms with van der Waals surface area (Å²) in [5, 5.41) is 9.01. The van der Waals surface area contributed by atoms with Crippen molar-refractivity contribution in [1.29, 1.82) is 5.26 Å². The van der Waals surface area contributed by atoms with Crippen LogP contribution in [0.2, 0.25) is 0 Å². The van der Waals surface area contributed by atoms with Gasteiger partial charge in [0.15, 0.2) is 6.10 Å². The zero-order valence-electron chi connectivity index (χ0n) is 10.3. The summed E-state index contributed by atoms with van der Waals surface area (Å²) in [7, 11) is 1.32. The van der Waals surface area contributed by atoms with E-state index in [4.69, 9.17) is 10.00 Å². The van der Waals surface area contributed by atoms with Crippen LogP contribution in [0.5, 0.6) is 5.75 Å². The molecular formula is C13H14BrNO3. The molecule has 1 atom stereocenters. The van der Waals surface area contributed by atoms with Gasteiger partial charge in [-0.2, -0.15) is 5.26 Å². The Labute approximate surface area is 115 Å². The highest BCUT2D eigenvalue weighted by atomic mass is 79.9. The molecule has 0 aliphatic rings. The van der Waals surface area contributed by atoms with Crippen molar-refractivity contribution in [3.8, 4) is 11.8 Å². The minimum Gasteiger partial charge on any atom is -0.477 e. The van der Waals surface area contributed by atoms with Crippen molar-refractivity contribution < 1.29 is 14.3 Å². The largest absolute Gasteiger partial charge is 0.477 e. The van der Waals surface area contributed by atoms with Gasteiger partial charge in [0.2, 0.25) is 0 Å². The smallest absolute Gasteiger partial charge is 0.347 e. The molecule has 0 amide bonds. The van der Waals surface area contributed by atoms with Crippen molar-refractivity contribution in [2.75, 3.05) is 7.11 Å². The normalized spacial score (nSPS) is 11.4. The molecule has 4 nitrogen and oxygen atoms in total. The van der Waals surface area contributed by atoms with E-state index in [9.17, 15) is 4.79 Å². The van der Waals surface area contributed by atoms with Gasteiger partial charge in [0, 0.05) is 4.47 Å². The molecule has 0 saturated heterocycles. The molecule has 0 unspecified atom stereocenters. The van der Waals surface area contributed by atoms with Crippen LogP contribution in [0.25, 0.3) is 0 Å². The second-order valence-corrected chi connectivity index (χ2v) is 4.59. The maximum Gasteiger partial charge on any atom is 0.347 e. The van der Waals surface area contributed by atoms with Gasteiger partial charge in [-0.3, -0.25) is 0 Å². The summed E-state index contributed by atoms with van der Waals surface area (Å²) in [5.74, 6) is -0.0341. The number of nitriles is 1. The average molecular weight is 312 g/mol. The Morgan fingerprint density at radius 2 is 2.28 bits per heavy atom. The molecule has 0 bridgehead atoms. The van der Waals surface area contributed by atoms with Crippen LogP contribution in [0.1, 0.15) is 25.3 Å². The second-order valence-electron chi connectivity index (χ2n) is 3.67. The van der Waals surface area contributed by atoms with E-state index < -0.39 is 12.1 Å². The number of benzene rings is 1. The molecule has 5 heteroatoms. The third-order valence-electron chi connectivity index (χ3n) is 2.35. The van der Waals surface area contributed by atoms with E-state index in [0.717, 1.165) is 10.9 Å². The Morgan fingerprint density at radius 1 is 1.56 bits per heavy atom. The van der Waals surface area contributed by atoms with E-state index in [1.807, 2.05) is 13.0 Å². The number of methoxy groups -OCH3 is 1. The fraction of sp³-hybridized carbons (Fsp3) is 0.385. The van der Waals surface area contributed by atoms with Gasteiger partial charge in [0.1, 0.15) is 11.8 Å². The van der Waals surface area contributed by atoms with E-state index in [-0.39, 0.29) is 0 Å². The van der Waals surface area contributed by atoms with Crippen LogP contribution >= 0.6 is 15.9 Å². The molecule has 0 aromatic heterocycles. The molecule has 0 fully saturated rings. The van der Waals surface area contributed by atoms with E-state index in [1.165, 1.54) is 7.11 Å². The SMILES string of the molecule is CCC[C@H](Oc1ccc(Br)cc1C#N)C(=O)OC. The average Bonchev–Trinajstić information content (AvgIpc) is 2.39.